The Kier molecular flexibility index (Phi) is 3.95. The number of carbonyl (C=O) groups is 2. The highest BCUT2D eigenvalue weighted by Gasteiger charge is 2.07. The molecule has 6 nitrogen and oxygen atoms in total. The number of nitrogens with zero attached hydrogens (tertiary/aromatic N) is 1. The molecular formula is C14H13N3O3. The number of carbonyl (C=O) groups excluding carboxylic acids is 1. The van der Waals surface area contributed by atoms with E-state index in [-0.39, 0.29) is 18.1 Å². The minimum absolute atomic E-state index is 0.0316. The average Bonchev–Trinajstić information content (AvgIpc) is 2.45. The van der Waals surface area contributed by atoms with Gasteiger partial charge in [0.2, 0.25) is 0 Å². The first kappa shape index (κ1) is 13.5. The number of nitrogens with two attached hydrogens (primary N) is 1. The van der Waals surface area contributed by atoms with Gasteiger partial charge >= 0.3 is 5.97 Å². The fraction of sp³-hybridized carbons (Fsp3) is 0.0714. The van der Waals surface area contributed by atoms with E-state index < -0.39 is 5.97 Å². The number of aromatic nitrogens is 1. The number of nitrogen functional groups attached to an aromatic ring is 1. The van der Waals surface area contributed by atoms with E-state index in [1.54, 1.807) is 30.3 Å². The van der Waals surface area contributed by atoms with Gasteiger partial charge in [0.15, 0.2) is 0 Å². The zero-order chi connectivity index (χ0) is 14.5. The van der Waals surface area contributed by atoms with Gasteiger partial charge in [0.05, 0.1) is 0 Å². The van der Waals surface area contributed by atoms with Gasteiger partial charge in [-0.15, -0.1) is 0 Å². The summed E-state index contributed by atoms with van der Waals surface area (Å²) in [5.74, 6) is -1.33. The monoisotopic (exact) mass is 271 g/mol. The highest BCUT2D eigenvalue weighted by atomic mass is 16.4. The van der Waals surface area contributed by atoms with Gasteiger partial charge in [0.25, 0.3) is 5.91 Å². The first-order valence-corrected chi connectivity index (χ1v) is 5.88. The standard InChI is InChI=1S/C14H13N3O3/c15-11-3-1-2-10(6-11)13(18)17-8-9-4-5-12(14(19)20)16-7-9/h1-7H,8,15H2,(H,17,18)(H,19,20). The molecule has 0 aliphatic carbocycles. The van der Waals surface area contributed by atoms with Crippen molar-refractivity contribution in [2.75, 3.05) is 5.73 Å². The molecule has 1 heterocycles. The lowest BCUT2D eigenvalue weighted by Gasteiger charge is -2.06. The van der Waals surface area contributed by atoms with E-state index in [4.69, 9.17) is 10.8 Å². The fourth-order valence-corrected chi connectivity index (χ4v) is 1.62. The number of rotatable bonds is 4. The van der Waals surface area contributed by atoms with Crippen LogP contribution in [0.25, 0.3) is 0 Å². The molecule has 1 aromatic carbocycles. The summed E-state index contributed by atoms with van der Waals surface area (Å²) in [6.45, 7) is 0.264. The molecule has 0 radical (unpaired) electrons. The number of aromatic carboxylic acids is 1. The molecule has 102 valence electrons. The van der Waals surface area contributed by atoms with E-state index in [2.05, 4.69) is 10.3 Å². The normalized spacial score (nSPS) is 10.0. The maximum absolute atomic E-state index is 11.9. The Morgan fingerprint density at radius 3 is 2.65 bits per heavy atom. The summed E-state index contributed by atoms with van der Waals surface area (Å²) >= 11 is 0. The molecule has 0 unspecified atom stereocenters. The van der Waals surface area contributed by atoms with Crippen molar-refractivity contribution >= 4 is 17.6 Å². The largest absolute Gasteiger partial charge is 0.477 e. The molecule has 1 amide bonds. The number of carboxylic acid groups (broad SMARTS) is 1. The second-order valence-electron chi connectivity index (χ2n) is 4.16. The second kappa shape index (κ2) is 5.83. The van der Waals surface area contributed by atoms with Crippen molar-refractivity contribution in [1.29, 1.82) is 0 Å². The Morgan fingerprint density at radius 2 is 2.05 bits per heavy atom. The quantitative estimate of drug-likeness (QED) is 0.727. The van der Waals surface area contributed by atoms with E-state index in [1.165, 1.54) is 12.3 Å². The third-order valence-electron chi connectivity index (χ3n) is 2.65. The summed E-state index contributed by atoms with van der Waals surface area (Å²) in [5.41, 5.74) is 7.28. The minimum Gasteiger partial charge on any atom is -0.477 e. The van der Waals surface area contributed by atoms with Gasteiger partial charge < -0.3 is 16.2 Å². The molecule has 20 heavy (non-hydrogen) atoms. The molecule has 2 rings (SSSR count). The van der Waals surface area contributed by atoms with E-state index in [9.17, 15) is 9.59 Å². The molecule has 0 atom stereocenters. The van der Waals surface area contributed by atoms with Gasteiger partial charge in [-0.05, 0) is 29.8 Å². The number of hydrogen-bond acceptors (Lipinski definition) is 4. The van der Waals surface area contributed by atoms with E-state index in [1.807, 2.05) is 0 Å². The lowest BCUT2D eigenvalue weighted by molar-refractivity contribution is 0.0690. The van der Waals surface area contributed by atoms with Gasteiger partial charge in [-0.2, -0.15) is 0 Å². The molecule has 0 aliphatic heterocycles. The molecule has 0 saturated heterocycles. The summed E-state index contributed by atoms with van der Waals surface area (Å²) in [4.78, 5) is 26.3. The number of pyridine rings is 1. The average molecular weight is 271 g/mol. The van der Waals surface area contributed by atoms with Crippen molar-refractivity contribution in [3.63, 3.8) is 0 Å². The minimum atomic E-state index is -1.08. The molecular weight excluding hydrogens is 258 g/mol. The Balaban J connectivity index is 1.98. The van der Waals surface area contributed by atoms with Crippen LogP contribution in [0.15, 0.2) is 42.6 Å². The molecule has 6 heteroatoms. The van der Waals surface area contributed by atoms with Crippen LogP contribution in [0.2, 0.25) is 0 Å². The summed E-state index contributed by atoms with van der Waals surface area (Å²) in [6, 6.07) is 9.65. The van der Waals surface area contributed by atoms with Crippen LogP contribution in [-0.4, -0.2) is 22.0 Å². The zero-order valence-electron chi connectivity index (χ0n) is 10.5. The zero-order valence-corrected chi connectivity index (χ0v) is 10.5. The van der Waals surface area contributed by atoms with Crippen molar-refractivity contribution in [1.82, 2.24) is 10.3 Å². The molecule has 1 aromatic heterocycles. The Labute approximate surface area is 115 Å². The van der Waals surface area contributed by atoms with Crippen molar-refractivity contribution in [2.45, 2.75) is 6.54 Å². The van der Waals surface area contributed by atoms with Crippen LogP contribution in [0.3, 0.4) is 0 Å². The molecule has 0 fully saturated rings. The number of nitrogens with one attached hydrogen (secondary N) is 1. The molecule has 0 bridgehead atoms. The first-order valence-electron chi connectivity index (χ1n) is 5.88. The number of anilines is 1. The van der Waals surface area contributed by atoms with Gasteiger partial charge in [-0.1, -0.05) is 12.1 Å². The number of carboxylic acids is 1. The van der Waals surface area contributed by atoms with Crippen molar-refractivity contribution < 1.29 is 14.7 Å². The summed E-state index contributed by atoms with van der Waals surface area (Å²) < 4.78 is 0. The van der Waals surface area contributed by atoms with Crippen LogP contribution >= 0.6 is 0 Å². The van der Waals surface area contributed by atoms with Gasteiger partial charge in [0.1, 0.15) is 5.69 Å². The highest BCUT2D eigenvalue weighted by molar-refractivity contribution is 5.94. The van der Waals surface area contributed by atoms with Crippen LogP contribution in [0.1, 0.15) is 26.4 Å². The lowest BCUT2D eigenvalue weighted by atomic mass is 10.2. The predicted molar refractivity (Wildman–Crippen MR) is 73.2 cm³/mol. The molecule has 0 saturated carbocycles. The lowest BCUT2D eigenvalue weighted by Crippen LogP contribution is -2.23. The van der Waals surface area contributed by atoms with Gasteiger partial charge in [-0.3, -0.25) is 4.79 Å². The second-order valence-corrected chi connectivity index (χ2v) is 4.16. The van der Waals surface area contributed by atoms with Crippen molar-refractivity contribution in [2.24, 2.45) is 0 Å². The third-order valence-corrected chi connectivity index (χ3v) is 2.65. The van der Waals surface area contributed by atoms with Crippen LogP contribution in [0.4, 0.5) is 5.69 Å². The van der Waals surface area contributed by atoms with Gasteiger partial charge in [-0.25, -0.2) is 9.78 Å². The number of hydrogen-bond donors (Lipinski definition) is 3. The predicted octanol–water partition coefficient (Wildman–Crippen LogP) is 1.29. The topological polar surface area (TPSA) is 105 Å². The summed E-state index contributed by atoms with van der Waals surface area (Å²) in [5, 5.41) is 11.4. The van der Waals surface area contributed by atoms with E-state index >= 15 is 0 Å². The van der Waals surface area contributed by atoms with Crippen LogP contribution in [0.5, 0.6) is 0 Å². The maximum Gasteiger partial charge on any atom is 0.354 e. The van der Waals surface area contributed by atoms with Crippen molar-refractivity contribution in [3.05, 3.63) is 59.4 Å². The smallest absolute Gasteiger partial charge is 0.354 e. The van der Waals surface area contributed by atoms with Crippen molar-refractivity contribution in [3.8, 4) is 0 Å². The van der Waals surface area contributed by atoms with Crippen LogP contribution in [0, 0.1) is 0 Å². The van der Waals surface area contributed by atoms with E-state index in [0.29, 0.717) is 16.8 Å². The molecule has 4 N–H and O–H groups in total. The summed E-state index contributed by atoms with van der Waals surface area (Å²) in [6.07, 6.45) is 1.42. The molecule has 0 spiro atoms. The van der Waals surface area contributed by atoms with Crippen LogP contribution in [-0.2, 0) is 6.54 Å². The fourth-order valence-electron chi connectivity index (χ4n) is 1.62. The number of amides is 1. The maximum atomic E-state index is 11.9. The molecule has 0 aliphatic rings. The molecule has 2 aromatic rings. The van der Waals surface area contributed by atoms with Crippen LogP contribution < -0.4 is 11.1 Å². The third kappa shape index (κ3) is 3.32. The number of benzene rings is 1. The first-order chi connectivity index (χ1) is 9.56. The Bertz CT molecular complexity index is 638. The van der Waals surface area contributed by atoms with Gasteiger partial charge in [0, 0.05) is 24.0 Å². The Hall–Kier alpha value is -2.89. The highest BCUT2D eigenvalue weighted by Crippen LogP contribution is 2.07. The SMILES string of the molecule is Nc1cccc(C(=O)NCc2ccc(C(=O)O)nc2)c1. The summed E-state index contributed by atoms with van der Waals surface area (Å²) in [7, 11) is 0. The Morgan fingerprint density at radius 1 is 1.25 bits per heavy atom. The van der Waals surface area contributed by atoms with E-state index in [0.717, 1.165) is 0 Å².